The number of aryl methyl sites for hydroxylation is 1. The van der Waals surface area contributed by atoms with Crippen LogP contribution >= 0.6 is 34.8 Å². The minimum Gasteiger partial charge on any atom is -0.477 e. The van der Waals surface area contributed by atoms with E-state index < -0.39 is 11.2 Å². The van der Waals surface area contributed by atoms with Crippen LogP contribution in [-0.4, -0.2) is 52.3 Å². The number of hydrogen-bond acceptors (Lipinski definition) is 6. The van der Waals surface area contributed by atoms with Gasteiger partial charge in [-0.3, -0.25) is 4.79 Å². The number of halogens is 3. The van der Waals surface area contributed by atoms with Crippen molar-refractivity contribution in [2.45, 2.75) is 58.7 Å². The zero-order chi connectivity index (χ0) is 27.4. The lowest BCUT2D eigenvalue weighted by Crippen LogP contribution is -2.32. The van der Waals surface area contributed by atoms with Crippen molar-refractivity contribution in [2.75, 3.05) is 26.4 Å². The second kappa shape index (κ2) is 12.3. The van der Waals surface area contributed by atoms with Crippen molar-refractivity contribution in [1.29, 1.82) is 0 Å². The highest BCUT2D eigenvalue weighted by Gasteiger charge is 2.24. The smallest absolute Gasteiger partial charge is 0.227 e. The third-order valence-electron chi connectivity index (χ3n) is 6.02. The van der Waals surface area contributed by atoms with Gasteiger partial charge in [-0.05, 0) is 53.2 Å². The van der Waals surface area contributed by atoms with Gasteiger partial charge in [-0.15, -0.1) is 0 Å². The summed E-state index contributed by atoms with van der Waals surface area (Å²) in [5, 5.41) is 10.3. The van der Waals surface area contributed by atoms with Gasteiger partial charge in [0.05, 0.1) is 70.1 Å². The van der Waals surface area contributed by atoms with Gasteiger partial charge in [0.25, 0.3) is 0 Å². The predicted molar refractivity (Wildman–Crippen MR) is 149 cm³/mol. The van der Waals surface area contributed by atoms with Crippen molar-refractivity contribution in [3.8, 4) is 11.6 Å². The molecule has 0 fully saturated rings. The minimum absolute atomic E-state index is 0.0173. The Labute approximate surface area is 232 Å². The van der Waals surface area contributed by atoms with Gasteiger partial charge in [0.2, 0.25) is 5.88 Å². The van der Waals surface area contributed by atoms with Crippen LogP contribution in [0.15, 0.2) is 35.3 Å². The maximum absolute atomic E-state index is 13.1. The van der Waals surface area contributed by atoms with Gasteiger partial charge in [-0.25, -0.2) is 4.98 Å². The number of rotatable bonds is 12. The maximum Gasteiger partial charge on any atom is 0.227 e. The molecule has 0 bridgehead atoms. The first-order valence-electron chi connectivity index (χ1n) is 12.0. The highest BCUT2D eigenvalue weighted by Crippen LogP contribution is 2.36. The number of hydrogen-bond donors (Lipinski definition) is 1. The molecule has 0 aliphatic carbocycles. The fourth-order valence-corrected chi connectivity index (χ4v) is 4.73. The number of ether oxygens (including phenoxy) is 3. The van der Waals surface area contributed by atoms with Gasteiger partial charge in [0.1, 0.15) is 5.39 Å². The van der Waals surface area contributed by atoms with E-state index in [0.29, 0.717) is 46.4 Å². The zero-order valence-corrected chi connectivity index (χ0v) is 24.0. The maximum atomic E-state index is 13.1. The Morgan fingerprint density at radius 3 is 2.16 bits per heavy atom. The van der Waals surface area contributed by atoms with Crippen molar-refractivity contribution in [3.05, 3.63) is 61.4 Å². The van der Waals surface area contributed by atoms with Crippen molar-refractivity contribution < 1.29 is 19.3 Å². The van der Waals surface area contributed by atoms with E-state index in [0.717, 1.165) is 0 Å². The number of fused-ring (bicyclic) bond motifs is 1. The first-order valence-corrected chi connectivity index (χ1v) is 13.2. The molecule has 0 saturated carbocycles. The molecule has 37 heavy (non-hydrogen) atoms. The molecule has 10 heteroatoms. The normalized spacial score (nSPS) is 12.4. The highest BCUT2D eigenvalue weighted by atomic mass is 35.5. The standard InChI is InChI=1S/C27H33Cl3N2O5/c1-17-15-21(34)22-24(32(17)23-18(28)7-6-8-19(23)29)20(30)16-31-25(22)35-12-9-26(2,3)36-13-10-27(4,5)37-14-11-33/h6-8,15-16,33H,9-14H2,1-5H3. The van der Waals surface area contributed by atoms with Gasteiger partial charge in [0, 0.05) is 18.2 Å². The van der Waals surface area contributed by atoms with Gasteiger partial charge in [-0.2, -0.15) is 0 Å². The lowest BCUT2D eigenvalue weighted by atomic mass is 10.0. The molecule has 202 valence electrons. The SMILES string of the molecule is Cc1cc(=O)c2c(OCCC(C)(C)OCCC(C)(C)OCCO)ncc(Cl)c2n1-c1c(Cl)cccc1Cl. The number of aromatic nitrogens is 2. The van der Waals surface area contributed by atoms with Crippen LogP contribution in [0.25, 0.3) is 16.6 Å². The fraction of sp³-hybridized carbons (Fsp3) is 0.481. The Morgan fingerprint density at radius 1 is 0.946 bits per heavy atom. The Balaban J connectivity index is 1.82. The number of pyridine rings is 2. The third-order valence-corrected chi connectivity index (χ3v) is 6.91. The molecule has 0 unspecified atom stereocenters. The number of aliphatic hydroxyl groups is 1. The molecular weight excluding hydrogens is 539 g/mol. The lowest BCUT2D eigenvalue weighted by molar-refractivity contribution is -0.0821. The van der Waals surface area contributed by atoms with Crippen LogP contribution < -0.4 is 10.2 Å². The van der Waals surface area contributed by atoms with Crippen LogP contribution in [0.5, 0.6) is 5.88 Å². The van der Waals surface area contributed by atoms with Gasteiger partial charge >= 0.3 is 0 Å². The van der Waals surface area contributed by atoms with E-state index >= 15 is 0 Å². The van der Waals surface area contributed by atoms with Crippen LogP contribution in [0.2, 0.25) is 15.1 Å². The van der Waals surface area contributed by atoms with Crippen LogP contribution in [0, 0.1) is 6.92 Å². The second-order valence-electron chi connectivity index (χ2n) is 9.98. The third kappa shape index (κ3) is 7.37. The molecule has 3 aromatic rings. The fourth-order valence-electron chi connectivity index (χ4n) is 3.94. The summed E-state index contributed by atoms with van der Waals surface area (Å²) in [6.45, 7) is 10.7. The summed E-state index contributed by atoms with van der Waals surface area (Å²) in [5.41, 5.74) is 0.408. The Kier molecular flexibility index (Phi) is 9.89. The van der Waals surface area contributed by atoms with E-state index in [9.17, 15) is 4.79 Å². The quantitative estimate of drug-likeness (QED) is 0.271. The Bertz CT molecular complexity index is 1290. The monoisotopic (exact) mass is 570 g/mol. The number of benzene rings is 1. The summed E-state index contributed by atoms with van der Waals surface area (Å²) in [5.74, 6) is 0.177. The van der Waals surface area contributed by atoms with Gasteiger partial charge < -0.3 is 23.9 Å². The molecule has 0 aliphatic rings. The van der Waals surface area contributed by atoms with E-state index in [1.807, 2.05) is 27.7 Å². The molecule has 0 saturated heterocycles. The van der Waals surface area contributed by atoms with E-state index in [-0.39, 0.29) is 41.5 Å². The summed E-state index contributed by atoms with van der Waals surface area (Å²) in [7, 11) is 0. The largest absolute Gasteiger partial charge is 0.477 e. The molecule has 0 radical (unpaired) electrons. The van der Waals surface area contributed by atoms with Crippen molar-refractivity contribution in [2.24, 2.45) is 0 Å². The highest BCUT2D eigenvalue weighted by molar-refractivity contribution is 6.38. The molecule has 2 aromatic heterocycles. The summed E-state index contributed by atoms with van der Waals surface area (Å²) in [6.07, 6.45) is 2.67. The van der Waals surface area contributed by atoms with E-state index in [2.05, 4.69) is 4.98 Å². The summed E-state index contributed by atoms with van der Waals surface area (Å²) >= 11 is 19.5. The summed E-state index contributed by atoms with van der Waals surface area (Å²) in [4.78, 5) is 17.4. The molecule has 0 aliphatic heterocycles. The van der Waals surface area contributed by atoms with Gasteiger partial charge in [-0.1, -0.05) is 40.9 Å². The number of nitrogens with zero attached hydrogens (tertiary/aromatic N) is 2. The molecule has 3 rings (SSSR count). The van der Waals surface area contributed by atoms with E-state index in [4.69, 9.17) is 54.1 Å². The van der Waals surface area contributed by atoms with E-state index in [1.165, 1.54) is 12.3 Å². The van der Waals surface area contributed by atoms with Crippen molar-refractivity contribution in [1.82, 2.24) is 9.55 Å². The average Bonchev–Trinajstić information content (AvgIpc) is 2.80. The first kappa shape index (κ1) is 29.7. The molecule has 0 spiro atoms. The predicted octanol–water partition coefficient (Wildman–Crippen LogP) is 6.40. The number of aliphatic hydroxyl groups excluding tert-OH is 1. The zero-order valence-electron chi connectivity index (χ0n) is 21.7. The molecule has 1 N–H and O–H groups in total. The van der Waals surface area contributed by atoms with Crippen molar-refractivity contribution >= 4 is 45.7 Å². The average molecular weight is 572 g/mol. The van der Waals surface area contributed by atoms with Crippen LogP contribution in [0.4, 0.5) is 0 Å². The molecule has 0 amide bonds. The Hall–Kier alpha value is -1.87. The van der Waals surface area contributed by atoms with Crippen LogP contribution in [0.1, 0.15) is 46.2 Å². The molecule has 0 atom stereocenters. The molecule has 7 nitrogen and oxygen atoms in total. The van der Waals surface area contributed by atoms with Crippen molar-refractivity contribution in [3.63, 3.8) is 0 Å². The molecule has 1 aromatic carbocycles. The summed E-state index contributed by atoms with van der Waals surface area (Å²) in [6, 6.07) is 6.68. The lowest BCUT2D eigenvalue weighted by Gasteiger charge is -2.29. The van der Waals surface area contributed by atoms with E-state index in [1.54, 1.807) is 29.7 Å². The molecule has 2 heterocycles. The minimum atomic E-state index is -0.489. The van der Waals surface area contributed by atoms with Crippen LogP contribution in [0.3, 0.4) is 0 Å². The van der Waals surface area contributed by atoms with Crippen LogP contribution in [-0.2, 0) is 9.47 Å². The molecular formula is C27H33Cl3N2O5. The number of para-hydroxylation sites is 1. The first-order chi connectivity index (χ1) is 17.4. The second-order valence-corrected chi connectivity index (χ2v) is 11.2. The van der Waals surface area contributed by atoms with Gasteiger partial charge in [0.15, 0.2) is 5.43 Å². The Morgan fingerprint density at radius 2 is 1.54 bits per heavy atom. The topological polar surface area (TPSA) is 82.8 Å². The summed E-state index contributed by atoms with van der Waals surface area (Å²) < 4.78 is 19.5.